The largest absolute Gasteiger partial charge is 0.490 e. The van der Waals surface area contributed by atoms with Crippen molar-refractivity contribution in [2.45, 2.75) is 89.7 Å². The first-order valence-electron chi connectivity index (χ1n) is 11.8. The molecule has 3 aliphatic rings. The number of fused-ring (bicyclic) bond motifs is 2. The SMILES string of the molecule is CC1CC2CC(C1)CC(C)(NC(N)=O)C2.O=C(O)c1ccc(OC2CCCCC2)cc1. The van der Waals surface area contributed by atoms with Gasteiger partial charge in [-0.2, -0.15) is 0 Å². The van der Waals surface area contributed by atoms with Gasteiger partial charge in [-0.25, -0.2) is 9.59 Å². The van der Waals surface area contributed by atoms with Gasteiger partial charge in [0.1, 0.15) is 5.75 Å². The number of carboxylic acids is 1. The summed E-state index contributed by atoms with van der Waals surface area (Å²) in [5.74, 6) is 2.33. The number of benzene rings is 1. The Morgan fingerprint density at radius 3 is 2.13 bits per heavy atom. The molecule has 2 unspecified atom stereocenters. The van der Waals surface area contributed by atoms with Crippen LogP contribution < -0.4 is 15.8 Å². The molecule has 4 rings (SSSR count). The monoisotopic (exact) mass is 430 g/mol. The Hall–Kier alpha value is -2.24. The summed E-state index contributed by atoms with van der Waals surface area (Å²) < 4.78 is 5.80. The van der Waals surface area contributed by atoms with Gasteiger partial charge in [0.15, 0.2) is 0 Å². The third-order valence-corrected chi connectivity index (χ3v) is 7.00. The summed E-state index contributed by atoms with van der Waals surface area (Å²) >= 11 is 0. The van der Waals surface area contributed by atoms with Crippen LogP contribution in [0.5, 0.6) is 5.75 Å². The van der Waals surface area contributed by atoms with E-state index >= 15 is 0 Å². The van der Waals surface area contributed by atoms with Gasteiger partial charge in [0.2, 0.25) is 0 Å². The van der Waals surface area contributed by atoms with Gasteiger partial charge in [0.05, 0.1) is 11.7 Å². The minimum atomic E-state index is -0.899. The van der Waals surface area contributed by atoms with Gasteiger partial charge in [-0.15, -0.1) is 0 Å². The Kier molecular flexibility index (Phi) is 7.84. The molecule has 6 heteroatoms. The molecule has 3 aliphatic carbocycles. The fourth-order valence-electron chi connectivity index (χ4n) is 6.04. The molecule has 2 atom stereocenters. The second-order valence-corrected chi connectivity index (χ2v) is 10.2. The van der Waals surface area contributed by atoms with Crippen molar-refractivity contribution in [1.82, 2.24) is 5.32 Å². The van der Waals surface area contributed by atoms with Gasteiger partial charge < -0.3 is 20.9 Å². The van der Waals surface area contributed by atoms with Gasteiger partial charge in [-0.1, -0.05) is 13.3 Å². The number of aromatic carboxylic acids is 1. The van der Waals surface area contributed by atoms with E-state index in [9.17, 15) is 9.59 Å². The molecule has 2 bridgehead atoms. The zero-order valence-electron chi connectivity index (χ0n) is 18.9. The summed E-state index contributed by atoms with van der Waals surface area (Å²) in [7, 11) is 0. The maximum Gasteiger partial charge on any atom is 0.335 e. The number of hydrogen-bond donors (Lipinski definition) is 3. The number of carbonyl (C=O) groups is 2. The van der Waals surface area contributed by atoms with E-state index in [0.29, 0.717) is 11.7 Å². The van der Waals surface area contributed by atoms with Crippen molar-refractivity contribution in [3.05, 3.63) is 29.8 Å². The van der Waals surface area contributed by atoms with E-state index in [-0.39, 0.29) is 11.6 Å². The smallest absolute Gasteiger partial charge is 0.335 e. The van der Waals surface area contributed by atoms with E-state index in [1.54, 1.807) is 24.3 Å². The number of nitrogens with two attached hydrogens (primary N) is 1. The van der Waals surface area contributed by atoms with Crippen molar-refractivity contribution in [3.63, 3.8) is 0 Å². The summed E-state index contributed by atoms with van der Waals surface area (Å²) in [6.45, 7) is 4.50. The number of carbonyl (C=O) groups excluding carboxylic acids is 1. The summed E-state index contributed by atoms with van der Waals surface area (Å²) in [6.07, 6.45) is 12.5. The predicted molar refractivity (Wildman–Crippen MR) is 121 cm³/mol. The van der Waals surface area contributed by atoms with Crippen LogP contribution in [0.1, 0.15) is 88.4 Å². The fraction of sp³-hybridized carbons (Fsp3) is 0.680. The summed E-state index contributed by atoms with van der Waals surface area (Å²) in [6, 6.07) is 6.27. The molecule has 0 aliphatic heterocycles. The van der Waals surface area contributed by atoms with Gasteiger partial charge in [-0.05, 0) is 107 Å². The Bertz CT molecular complexity index is 724. The highest BCUT2D eigenvalue weighted by atomic mass is 16.5. The van der Waals surface area contributed by atoms with Crippen LogP contribution in [0, 0.1) is 17.8 Å². The lowest BCUT2D eigenvalue weighted by molar-refractivity contribution is 0.0696. The van der Waals surface area contributed by atoms with Crippen LogP contribution in [0.4, 0.5) is 4.79 Å². The Morgan fingerprint density at radius 2 is 1.61 bits per heavy atom. The van der Waals surface area contributed by atoms with Crippen LogP contribution in [0.15, 0.2) is 24.3 Å². The molecule has 0 saturated heterocycles. The highest BCUT2D eigenvalue weighted by Gasteiger charge is 2.41. The number of carboxylic acid groups (broad SMARTS) is 1. The van der Waals surface area contributed by atoms with E-state index in [2.05, 4.69) is 19.2 Å². The molecular formula is C25H38N2O4. The molecule has 0 spiro atoms. The van der Waals surface area contributed by atoms with Crippen LogP contribution in [-0.4, -0.2) is 28.7 Å². The number of hydrogen-bond acceptors (Lipinski definition) is 3. The third-order valence-electron chi connectivity index (χ3n) is 7.00. The van der Waals surface area contributed by atoms with Crippen molar-refractivity contribution in [2.75, 3.05) is 0 Å². The molecular weight excluding hydrogens is 392 g/mol. The number of amides is 2. The molecule has 172 valence electrons. The van der Waals surface area contributed by atoms with Gasteiger partial charge in [-0.3, -0.25) is 0 Å². The first-order valence-corrected chi connectivity index (χ1v) is 11.8. The summed E-state index contributed by atoms with van der Waals surface area (Å²) in [5, 5.41) is 11.7. The molecule has 1 aromatic carbocycles. The van der Waals surface area contributed by atoms with Gasteiger partial charge in [0, 0.05) is 5.54 Å². The molecule has 4 N–H and O–H groups in total. The van der Waals surface area contributed by atoms with E-state index in [1.165, 1.54) is 38.5 Å². The Balaban J connectivity index is 0.000000176. The van der Waals surface area contributed by atoms with Crippen molar-refractivity contribution in [3.8, 4) is 5.75 Å². The maximum atomic E-state index is 11.0. The minimum absolute atomic E-state index is 0.0421. The standard InChI is InChI=1S/C13H16O3.C12H22N2O/c14-13(15)10-6-8-12(9-7-10)16-11-4-2-1-3-5-11;1-8-3-9-5-10(4-8)7-12(2,6-9)14-11(13)15/h6-9,11H,1-5H2,(H,14,15);8-10H,3-7H2,1-2H3,(H3,13,14,15). The molecule has 31 heavy (non-hydrogen) atoms. The lowest BCUT2D eigenvalue weighted by Gasteiger charge is -2.47. The number of rotatable bonds is 4. The normalized spacial score (nSPS) is 30.5. The third kappa shape index (κ3) is 7.15. The summed E-state index contributed by atoms with van der Waals surface area (Å²) in [4.78, 5) is 21.6. The lowest BCUT2D eigenvalue weighted by Crippen LogP contribution is -2.54. The Morgan fingerprint density at radius 1 is 1.03 bits per heavy atom. The maximum absolute atomic E-state index is 11.0. The highest BCUT2D eigenvalue weighted by Crippen LogP contribution is 2.46. The van der Waals surface area contributed by atoms with E-state index < -0.39 is 5.97 Å². The van der Waals surface area contributed by atoms with Crippen LogP contribution in [0.2, 0.25) is 0 Å². The number of urea groups is 1. The van der Waals surface area contributed by atoms with E-state index in [0.717, 1.165) is 49.2 Å². The molecule has 3 fully saturated rings. The zero-order chi connectivity index (χ0) is 22.4. The highest BCUT2D eigenvalue weighted by molar-refractivity contribution is 5.87. The summed E-state index contributed by atoms with van der Waals surface area (Å²) in [5.41, 5.74) is 5.50. The molecule has 0 heterocycles. The van der Waals surface area contributed by atoms with E-state index in [1.807, 2.05) is 0 Å². The molecule has 6 nitrogen and oxygen atoms in total. The zero-order valence-corrected chi connectivity index (χ0v) is 18.9. The topological polar surface area (TPSA) is 102 Å². The quantitative estimate of drug-likeness (QED) is 0.599. The molecule has 2 amide bonds. The van der Waals surface area contributed by atoms with Crippen LogP contribution in [0.3, 0.4) is 0 Å². The Labute approximate surface area is 185 Å². The predicted octanol–water partition coefficient (Wildman–Crippen LogP) is 5.36. The minimum Gasteiger partial charge on any atom is -0.490 e. The lowest BCUT2D eigenvalue weighted by atomic mass is 9.63. The second kappa shape index (κ2) is 10.4. The van der Waals surface area contributed by atoms with Gasteiger partial charge >= 0.3 is 12.0 Å². The first-order chi connectivity index (χ1) is 14.7. The van der Waals surface area contributed by atoms with Crippen LogP contribution in [-0.2, 0) is 0 Å². The molecule has 1 aromatic rings. The average Bonchev–Trinajstić information content (AvgIpc) is 2.67. The van der Waals surface area contributed by atoms with Crippen molar-refractivity contribution < 1.29 is 19.4 Å². The van der Waals surface area contributed by atoms with Gasteiger partial charge in [0.25, 0.3) is 0 Å². The fourth-order valence-corrected chi connectivity index (χ4v) is 6.04. The van der Waals surface area contributed by atoms with Crippen molar-refractivity contribution in [2.24, 2.45) is 23.5 Å². The van der Waals surface area contributed by atoms with Crippen LogP contribution in [0.25, 0.3) is 0 Å². The second-order valence-electron chi connectivity index (χ2n) is 10.2. The number of primary amides is 1. The number of ether oxygens (including phenoxy) is 1. The van der Waals surface area contributed by atoms with Crippen molar-refractivity contribution in [1.29, 1.82) is 0 Å². The first kappa shape index (κ1) is 23.4. The average molecular weight is 431 g/mol. The molecule has 0 aromatic heterocycles. The van der Waals surface area contributed by atoms with Crippen molar-refractivity contribution >= 4 is 12.0 Å². The molecule has 0 radical (unpaired) electrons. The van der Waals surface area contributed by atoms with Crippen LogP contribution >= 0.6 is 0 Å². The number of nitrogens with one attached hydrogen (secondary N) is 1. The van der Waals surface area contributed by atoms with E-state index in [4.69, 9.17) is 15.6 Å². The molecule has 3 saturated carbocycles.